The largest absolute Gasteiger partial charge is 0.459 e. The van der Waals surface area contributed by atoms with Gasteiger partial charge in [-0.3, -0.25) is 14.9 Å². The second-order valence-electron chi connectivity index (χ2n) is 5.48. The minimum absolute atomic E-state index is 0.224. The van der Waals surface area contributed by atoms with Crippen LogP contribution < -0.4 is 10.6 Å². The van der Waals surface area contributed by atoms with Crippen molar-refractivity contribution in [3.05, 3.63) is 76.9 Å². The minimum atomic E-state index is -0.346. The zero-order valence-electron chi connectivity index (χ0n) is 13.8. The first-order chi connectivity index (χ1) is 13.2. The van der Waals surface area contributed by atoms with Gasteiger partial charge in [0, 0.05) is 16.6 Å². The molecule has 0 unspecified atom stereocenters. The van der Waals surface area contributed by atoms with Crippen LogP contribution in [0.2, 0.25) is 0 Å². The molecule has 27 heavy (non-hydrogen) atoms. The molecule has 3 heterocycles. The van der Waals surface area contributed by atoms with Gasteiger partial charge in [0.05, 0.1) is 16.8 Å². The molecule has 0 fully saturated rings. The Morgan fingerprint density at radius 1 is 0.926 bits per heavy atom. The number of thiazole rings is 1. The Morgan fingerprint density at radius 3 is 2.48 bits per heavy atom. The number of nitrogens with zero attached hydrogens (tertiary/aromatic N) is 1. The Kier molecular flexibility index (Phi) is 4.82. The van der Waals surface area contributed by atoms with E-state index >= 15 is 0 Å². The Balaban J connectivity index is 1.40. The van der Waals surface area contributed by atoms with E-state index in [9.17, 15) is 9.59 Å². The van der Waals surface area contributed by atoms with E-state index in [1.54, 1.807) is 47.7 Å². The summed E-state index contributed by atoms with van der Waals surface area (Å²) in [5.41, 5.74) is 1.89. The smallest absolute Gasteiger partial charge is 0.291 e. The van der Waals surface area contributed by atoms with Crippen LogP contribution in [-0.4, -0.2) is 16.8 Å². The van der Waals surface area contributed by atoms with Crippen molar-refractivity contribution in [1.29, 1.82) is 0 Å². The summed E-state index contributed by atoms with van der Waals surface area (Å²) in [7, 11) is 0. The summed E-state index contributed by atoms with van der Waals surface area (Å²) in [5, 5.41) is 9.94. The van der Waals surface area contributed by atoms with Gasteiger partial charge in [0.25, 0.3) is 11.8 Å². The highest BCUT2D eigenvalue weighted by Crippen LogP contribution is 2.28. The van der Waals surface area contributed by atoms with Crippen molar-refractivity contribution in [3.63, 3.8) is 0 Å². The molecular formula is C19H13N3O3S2. The molecule has 4 aromatic rings. The fraction of sp³-hybridized carbons (Fsp3) is 0. The fourth-order valence-corrected chi connectivity index (χ4v) is 3.81. The van der Waals surface area contributed by atoms with E-state index in [1.165, 1.54) is 17.6 Å². The number of thiophene rings is 1. The zero-order valence-corrected chi connectivity index (χ0v) is 15.5. The number of rotatable bonds is 5. The monoisotopic (exact) mass is 395 g/mol. The summed E-state index contributed by atoms with van der Waals surface area (Å²) in [4.78, 5) is 29.8. The van der Waals surface area contributed by atoms with Crippen molar-refractivity contribution in [2.24, 2.45) is 0 Å². The lowest BCUT2D eigenvalue weighted by molar-refractivity contribution is 0.0995. The molecule has 3 aromatic heterocycles. The van der Waals surface area contributed by atoms with E-state index in [0.717, 1.165) is 10.6 Å². The normalized spacial score (nSPS) is 10.5. The van der Waals surface area contributed by atoms with Crippen LogP contribution in [0.4, 0.5) is 10.8 Å². The van der Waals surface area contributed by atoms with Gasteiger partial charge in [-0.15, -0.1) is 22.7 Å². The van der Waals surface area contributed by atoms with Crippen molar-refractivity contribution in [2.75, 3.05) is 10.6 Å². The maximum Gasteiger partial charge on any atom is 0.291 e. The lowest BCUT2D eigenvalue weighted by Crippen LogP contribution is -2.13. The van der Waals surface area contributed by atoms with Crippen molar-refractivity contribution in [3.8, 4) is 10.6 Å². The van der Waals surface area contributed by atoms with Crippen LogP contribution in [0.5, 0.6) is 0 Å². The zero-order chi connectivity index (χ0) is 18.6. The third kappa shape index (κ3) is 3.97. The van der Waals surface area contributed by atoms with Gasteiger partial charge in [-0.2, -0.15) is 0 Å². The summed E-state index contributed by atoms with van der Waals surface area (Å²) in [6.07, 6.45) is 1.44. The van der Waals surface area contributed by atoms with Gasteiger partial charge in [-0.05, 0) is 47.8 Å². The van der Waals surface area contributed by atoms with E-state index in [0.29, 0.717) is 16.4 Å². The Labute approximate surface area is 162 Å². The van der Waals surface area contributed by atoms with Gasteiger partial charge in [0.15, 0.2) is 10.9 Å². The number of carbonyl (C=O) groups is 2. The third-order valence-electron chi connectivity index (χ3n) is 3.65. The lowest BCUT2D eigenvalue weighted by Gasteiger charge is -2.05. The quantitative estimate of drug-likeness (QED) is 0.500. The van der Waals surface area contributed by atoms with Crippen molar-refractivity contribution in [1.82, 2.24) is 4.98 Å². The number of amides is 2. The number of benzene rings is 1. The van der Waals surface area contributed by atoms with E-state index in [4.69, 9.17) is 4.42 Å². The molecule has 0 atom stereocenters. The number of aromatic nitrogens is 1. The molecule has 0 aliphatic heterocycles. The molecule has 2 amide bonds. The molecule has 4 rings (SSSR count). The Bertz CT molecular complexity index is 1050. The number of nitrogens with one attached hydrogen (secondary N) is 2. The van der Waals surface area contributed by atoms with Crippen LogP contribution in [-0.2, 0) is 0 Å². The maximum atomic E-state index is 12.4. The molecule has 0 radical (unpaired) electrons. The molecule has 0 aliphatic carbocycles. The van der Waals surface area contributed by atoms with E-state index in [-0.39, 0.29) is 17.6 Å². The molecule has 134 valence electrons. The number of anilines is 2. The molecule has 2 N–H and O–H groups in total. The molecule has 0 saturated carbocycles. The highest BCUT2D eigenvalue weighted by Gasteiger charge is 2.12. The fourth-order valence-electron chi connectivity index (χ4n) is 2.34. The van der Waals surface area contributed by atoms with Crippen LogP contribution in [0, 0.1) is 0 Å². The van der Waals surface area contributed by atoms with Gasteiger partial charge >= 0.3 is 0 Å². The van der Waals surface area contributed by atoms with Crippen molar-refractivity contribution < 1.29 is 14.0 Å². The van der Waals surface area contributed by atoms with E-state index in [1.807, 2.05) is 22.9 Å². The SMILES string of the molecule is O=C(Nc1nc(-c2cccs2)cs1)c1ccc(NC(=O)c2ccco2)cc1. The maximum absolute atomic E-state index is 12.4. The summed E-state index contributed by atoms with van der Waals surface area (Å²) in [6, 6.07) is 13.8. The first kappa shape index (κ1) is 17.2. The molecular weight excluding hydrogens is 382 g/mol. The Morgan fingerprint density at radius 2 is 1.78 bits per heavy atom. The molecule has 1 aromatic carbocycles. The Hall–Kier alpha value is -3.23. The third-order valence-corrected chi connectivity index (χ3v) is 5.30. The average molecular weight is 395 g/mol. The number of hydrogen-bond acceptors (Lipinski definition) is 6. The molecule has 0 spiro atoms. The first-order valence-corrected chi connectivity index (χ1v) is 9.70. The number of furan rings is 1. The van der Waals surface area contributed by atoms with Crippen LogP contribution in [0.25, 0.3) is 10.6 Å². The highest BCUT2D eigenvalue weighted by atomic mass is 32.1. The number of hydrogen-bond donors (Lipinski definition) is 2. The predicted molar refractivity (Wildman–Crippen MR) is 106 cm³/mol. The molecule has 8 heteroatoms. The summed E-state index contributed by atoms with van der Waals surface area (Å²) < 4.78 is 5.04. The van der Waals surface area contributed by atoms with Gasteiger partial charge in [0.1, 0.15) is 0 Å². The van der Waals surface area contributed by atoms with Gasteiger partial charge in [-0.1, -0.05) is 6.07 Å². The molecule has 0 bridgehead atoms. The predicted octanol–water partition coefficient (Wildman–Crippen LogP) is 4.97. The summed E-state index contributed by atoms with van der Waals surface area (Å²) in [6.45, 7) is 0. The van der Waals surface area contributed by atoms with E-state index < -0.39 is 0 Å². The van der Waals surface area contributed by atoms with Crippen LogP contribution >= 0.6 is 22.7 Å². The lowest BCUT2D eigenvalue weighted by atomic mass is 10.2. The standard InChI is InChI=1S/C19H13N3O3S2/c23-17(22-19-21-14(11-27-19)16-4-2-10-26-16)12-5-7-13(8-6-12)20-18(24)15-3-1-9-25-15/h1-11H,(H,20,24)(H,21,22,23). The number of carbonyl (C=O) groups excluding carboxylic acids is 2. The van der Waals surface area contributed by atoms with Gasteiger partial charge < -0.3 is 9.73 Å². The second kappa shape index (κ2) is 7.56. The highest BCUT2D eigenvalue weighted by molar-refractivity contribution is 7.16. The molecule has 6 nitrogen and oxygen atoms in total. The van der Waals surface area contributed by atoms with Crippen LogP contribution in [0.15, 0.2) is 70.0 Å². The summed E-state index contributed by atoms with van der Waals surface area (Å²) in [5.74, 6) is -0.380. The minimum Gasteiger partial charge on any atom is -0.459 e. The van der Waals surface area contributed by atoms with E-state index in [2.05, 4.69) is 15.6 Å². The molecule has 0 saturated heterocycles. The van der Waals surface area contributed by atoms with Crippen LogP contribution in [0.3, 0.4) is 0 Å². The van der Waals surface area contributed by atoms with Gasteiger partial charge in [-0.25, -0.2) is 4.98 Å². The average Bonchev–Trinajstić information content (AvgIpc) is 3.43. The first-order valence-electron chi connectivity index (χ1n) is 7.95. The van der Waals surface area contributed by atoms with Crippen molar-refractivity contribution >= 4 is 45.3 Å². The second-order valence-corrected chi connectivity index (χ2v) is 7.28. The van der Waals surface area contributed by atoms with Crippen molar-refractivity contribution in [2.45, 2.75) is 0 Å². The van der Waals surface area contributed by atoms with Gasteiger partial charge in [0.2, 0.25) is 0 Å². The van der Waals surface area contributed by atoms with Crippen LogP contribution in [0.1, 0.15) is 20.9 Å². The summed E-state index contributed by atoms with van der Waals surface area (Å²) >= 11 is 2.98. The molecule has 0 aliphatic rings. The topological polar surface area (TPSA) is 84.2 Å².